The zero-order valence-electron chi connectivity index (χ0n) is 19.2. The molecular weight excluding hydrogens is 459 g/mol. The molecule has 10 heteroatoms. The zero-order chi connectivity index (χ0) is 24.5. The van der Waals surface area contributed by atoms with Crippen LogP contribution in [0.25, 0.3) is 39.2 Å². The van der Waals surface area contributed by atoms with Crippen LogP contribution in [0.2, 0.25) is 0 Å². The Labute approximate surface area is 204 Å². The van der Waals surface area contributed by atoms with E-state index in [0.29, 0.717) is 22.8 Å². The van der Waals surface area contributed by atoms with Crippen LogP contribution in [0.1, 0.15) is 5.82 Å². The Kier molecular flexibility index (Phi) is 5.38. The molecule has 176 valence electrons. The van der Waals surface area contributed by atoms with E-state index < -0.39 is 5.82 Å². The highest BCUT2D eigenvalue weighted by Crippen LogP contribution is 2.37. The van der Waals surface area contributed by atoms with Gasteiger partial charge >= 0.3 is 0 Å². The fraction of sp³-hybridized carbons (Fsp3) is 0.0769. The van der Waals surface area contributed by atoms with E-state index in [1.807, 2.05) is 42.6 Å². The van der Waals surface area contributed by atoms with Crippen LogP contribution in [0.3, 0.4) is 0 Å². The molecule has 0 unspecified atom stereocenters. The number of pyridine rings is 1. The molecule has 0 N–H and O–H groups in total. The minimum absolute atomic E-state index is 0.144. The largest absolute Gasteiger partial charge is 0.468 e. The second kappa shape index (κ2) is 8.99. The van der Waals surface area contributed by atoms with Crippen molar-refractivity contribution in [1.82, 2.24) is 39.6 Å². The van der Waals surface area contributed by atoms with Crippen LogP contribution in [0.15, 0.2) is 85.6 Å². The van der Waals surface area contributed by atoms with Gasteiger partial charge in [-0.2, -0.15) is 10.2 Å². The molecule has 0 aliphatic heterocycles. The van der Waals surface area contributed by atoms with Crippen molar-refractivity contribution < 1.29 is 9.13 Å². The van der Waals surface area contributed by atoms with Gasteiger partial charge in [0.2, 0.25) is 5.88 Å². The van der Waals surface area contributed by atoms with Gasteiger partial charge in [-0.3, -0.25) is 9.67 Å². The first-order chi connectivity index (χ1) is 17.7. The third kappa shape index (κ3) is 3.84. The molecule has 4 aromatic heterocycles. The maximum absolute atomic E-state index is 14.7. The Morgan fingerprint density at radius 2 is 1.81 bits per heavy atom. The molecule has 0 amide bonds. The van der Waals surface area contributed by atoms with Gasteiger partial charge < -0.3 is 4.74 Å². The fourth-order valence-electron chi connectivity index (χ4n) is 4.03. The number of ether oxygens (including phenoxy) is 1. The summed E-state index contributed by atoms with van der Waals surface area (Å²) in [5.74, 6) is 0.821. The average molecular weight is 478 g/mol. The van der Waals surface area contributed by atoms with Crippen molar-refractivity contribution in [3.63, 3.8) is 0 Å². The van der Waals surface area contributed by atoms with Crippen LogP contribution in [-0.4, -0.2) is 39.6 Å². The van der Waals surface area contributed by atoms with Gasteiger partial charge in [0.05, 0.1) is 17.3 Å². The molecular formula is C26H19FN8O. The molecule has 9 nitrogen and oxygen atoms in total. The Balaban J connectivity index is 1.54. The van der Waals surface area contributed by atoms with Gasteiger partial charge in [0.1, 0.15) is 24.3 Å². The summed E-state index contributed by atoms with van der Waals surface area (Å²) in [5.41, 5.74) is 4.43. The lowest BCUT2D eigenvalue weighted by Crippen LogP contribution is -2.05. The second-order valence-corrected chi connectivity index (χ2v) is 8.04. The molecule has 6 rings (SSSR count). The van der Waals surface area contributed by atoms with E-state index in [1.165, 1.54) is 12.4 Å². The van der Waals surface area contributed by atoms with Gasteiger partial charge in [-0.15, -0.1) is 10.2 Å². The molecule has 4 heterocycles. The van der Waals surface area contributed by atoms with Crippen LogP contribution in [0, 0.1) is 5.82 Å². The summed E-state index contributed by atoms with van der Waals surface area (Å²) in [7, 11) is 1.79. The Hall–Kier alpha value is -4.99. The maximum Gasteiger partial charge on any atom is 0.242 e. The van der Waals surface area contributed by atoms with Crippen LogP contribution in [0.4, 0.5) is 4.39 Å². The van der Waals surface area contributed by atoms with Crippen molar-refractivity contribution in [2.24, 2.45) is 7.05 Å². The van der Waals surface area contributed by atoms with Gasteiger partial charge in [-0.05, 0) is 35.4 Å². The number of hydrogen-bond acceptors (Lipinski definition) is 7. The van der Waals surface area contributed by atoms with Crippen molar-refractivity contribution in [1.29, 1.82) is 0 Å². The first-order valence-electron chi connectivity index (χ1n) is 11.1. The predicted octanol–water partition coefficient (Wildman–Crippen LogP) is 4.37. The van der Waals surface area contributed by atoms with E-state index in [1.54, 1.807) is 46.8 Å². The number of rotatable bonds is 6. The Morgan fingerprint density at radius 3 is 2.61 bits per heavy atom. The molecule has 0 radical (unpaired) electrons. The highest BCUT2D eigenvalue weighted by Gasteiger charge is 2.22. The summed E-state index contributed by atoms with van der Waals surface area (Å²) in [6.45, 7) is 0.144. The third-order valence-corrected chi connectivity index (χ3v) is 5.83. The maximum atomic E-state index is 14.7. The number of nitrogens with zero attached hydrogens (tertiary/aromatic N) is 8. The van der Waals surface area contributed by atoms with Gasteiger partial charge in [0.15, 0.2) is 11.6 Å². The molecule has 6 aromatic rings. The lowest BCUT2D eigenvalue weighted by Gasteiger charge is -2.08. The summed E-state index contributed by atoms with van der Waals surface area (Å²) in [5, 5.41) is 17.1. The summed E-state index contributed by atoms with van der Waals surface area (Å²) in [6.07, 6.45) is 6.60. The van der Waals surface area contributed by atoms with E-state index in [9.17, 15) is 4.39 Å². The first kappa shape index (κ1) is 21.5. The molecule has 0 fully saturated rings. The molecule has 0 spiro atoms. The highest BCUT2D eigenvalue weighted by molar-refractivity contribution is 5.87. The minimum atomic E-state index is -0.420. The van der Waals surface area contributed by atoms with Crippen LogP contribution >= 0.6 is 0 Å². The molecule has 36 heavy (non-hydrogen) atoms. The molecule has 0 aliphatic carbocycles. The lowest BCUT2D eigenvalue weighted by atomic mass is 10.0. The van der Waals surface area contributed by atoms with E-state index in [2.05, 4.69) is 25.3 Å². The highest BCUT2D eigenvalue weighted by atomic mass is 19.1. The Morgan fingerprint density at radius 1 is 0.944 bits per heavy atom. The average Bonchev–Trinajstić information content (AvgIpc) is 3.51. The fourth-order valence-corrected chi connectivity index (χ4v) is 4.03. The van der Waals surface area contributed by atoms with Crippen molar-refractivity contribution in [3.8, 4) is 39.5 Å². The predicted molar refractivity (Wildman–Crippen MR) is 130 cm³/mol. The van der Waals surface area contributed by atoms with Crippen molar-refractivity contribution >= 4 is 5.52 Å². The van der Waals surface area contributed by atoms with E-state index in [0.717, 1.165) is 16.7 Å². The molecule has 0 aliphatic rings. The quantitative estimate of drug-likeness (QED) is 0.351. The molecule has 0 saturated heterocycles. The van der Waals surface area contributed by atoms with Crippen molar-refractivity contribution in [2.45, 2.75) is 6.61 Å². The van der Waals surface area contributed by atoms with Gasteiger partial charge in [-0.1, -0.05) is 36.4 Å². The van der Waals surface area contributed by atoms with Gasteiger partial charge in [0, 0.05) is 25.0 Å². The first-order valence-corrected chi connectivity index (χ1v) is 11.1. The zero-order valence-corrected chi connectivity index (χ0v) is 19.2. The number of aromatic nitrogens is 8. The summed E-state index contributed by atoms with van der Waals surface area (Å²) in [6, 6.07) is 18.2. The molecule has 2 aromatic carbocycles. The SMILES string of the molecule is Cn1ncnc1COc1nn2c(-c3ccccc3F)nncc2c1-c1cccc(-c2cccnc2)c1. The normalized spacial score (nSPS) is 11.2. The topological polar surface area (TPSA) is 95.9 Å². The number of fused-ring (bicyclic) bond motifs is 1. The van der Waals surface area contributed by atoms with Crippen molar-refractivity contribution in [2.75, 3.05) is 0 Å². The molecule has 0 atom stereocenters. The minimum Gasteiger partial charge on any atom is -0.468 e. The standard InChI is InChI=1S/C26H19FN8O/c1-34-23(29-16-31-34)15-36-26-24(18-7-4-6-17(12-18)19-8-5-11-28-13-19)22-14-30-32-25(35(22)33-26)20-9-2-3-10-21(20)27/h2-14,16H,15H2,1H3. The van der Waals surface area contributed by atoms with E-state index >= 15 is 0 Å². The lowest BCUT2D eigenvalue weighted by molar-refractivity contribution is 0.278. The second-order valence-electron chi connectivity index (χ2n) is 8.04. The summed E-state index contributed by atoms with van der Waals surface area (Å²) in [4.78, 5) is 8.46. The summed E-state index contributed by atoms with van der Waals surface area (Å²) >= 11 is 0. The monoisotopic (exact) mass is 478 g/mol. The number of benzene rings is 2. The number of hydrogen-bond donors (Lipinski definition) is 0. The van der Waals surface area contributed by atoms with Crippen molar-refractivity contribution in [3.05, 3.63) is 97.2 Å². The smallest absolute Gasteiger partial charge is 0.242 e. The molecule has 0 saturated carbocycles. The van der Waals surface area contributed by atoms with Crippen LogP contribution < -0.4 is 4.74 Å². The van der Waals surface area contributed by atoms with E-state index in [-0.39, 0.29) is 18.0 Å². The van der Waals surface area contributed by atoms with Crippen LogP contribution in [0.5, 0.6) is 5.88 Å². The van der Waals surface area contributed by atoms with Crippen LogP contribution in [-0.2, 0) is 13.7 Å². The van der Waals surface area contributed by atoms with Gasteiger partial charge in [0.25, 0.3) is 0 Å². The number of aryl methyl sites for hydroxylation is 1. The third-order valence-electron chi connectivity index (χ3n) is 5.83. The summed E-state index contributed by atoms with van der Waals surface area (Å²) < 4.78 is 24.0. The van der Waals surface area contributed by atoms with E-state index in [4.69, 9.17) is 9.84 Å². The number of halogens is 1. The Bertz CT molecular complexity index is 1680. The molecule has 0 bridgehead atoms. The van der Waals surface area contributed by atoms with Gasteiger partial charge in [-0.25, -0.2) is 13.9 Å².